The van der Waals surface area contributed by atoms with Crippen molar-refractivity contribution in [2.75, 3.05) is 5.73 Å². The van der Waals surface area contributed by atoms with Gasteiger partial charge < -0.3 is 22.1 Å². The standard InChI is InChI=1S/C8H10N6S/c9-5-4(2-1-3-11-5)6-12-7(10)14-8(15)13-6/h1-3,6H,(H2,9,11)(H4,10,12,13,14,15)/t6-/m1/s1. The number of nitrogens with two attached hydrogens (primary N) is 2. The number of nitrogen functional groups attached to an aromatic ring is 1. The number of nitrogens with one attached hydrogen (secondary N) is 2. The topological polar surface area (TPSA) is 101 Å². The molecular formula is C8H10N6S. The molecule has 1 aliphatic rings. The van der Waals surface area contributed by atoms with Crippen molar-refractivity contribution in [3.8, 4) is 0 Å². The molecule has 1 aliphatic heterocycles. The molecule has 0 spiro atoms. The molecule has 6 nitrogen and oxygen atoms in total. The minimum atomic E-state index is -0.368. The molecule has 1 atom stereocenters. The van der Waals surface area contributed by atoms with Crippen LogP contribution in [0.15, 0.2) is 23.3 Å². The van der Waals surface area contributed by atoms with Crippen LogP contribution in [-0.2, 0) is 0 Å². The van der Waals surface area contributed by atoms with Crippen molar-refractivity contribution in [2.24, 2.45) is 10.7 Å². The number of rotatable bonds is 1. The first-order chi connectivity index (χ1) is 7.16. The number of pyridine rings is 1. The zero-order valence-corrected chi connectivity index (χ0v) is 8.58. The Kier molecular flexibility index (Phi) is 2.38. The van der Waals surface area contributed by atoms with Gasteiger partial charge in [0.05, 0.1) is 0 Å². The Hall–Kier alpha value is -1.89. The molecule has 6 N–H and O–H groups in total. The SMILES string of the molecule is NC1=N[C@@H](c2cccnc2N)NC(=S)N1. The van der Waals surface area contributed by atoms with Gasteiger partial charge in [0.2, 0.25) is 0 Å². The first-order valence-electron chi connectivity index (χ1n) is 4.28. The van der Waals surface area contributed by atoms with Crippen LogP contribution in [0.1, 0.15) is 11.7 Å². The van der Waals surface area contributed by atoms with E-state index >= 15 is 0 Å². The van der Waals surface area contributed by atoms with Gasteiger partial charge in [0.15, 0.2) is 17.2 Å². The van der Waals surface area contributed by atoms with Crippen LogP contribution in [0.2, 0.25) is 0 Å². The summed E-state index contributed by atoms with van der Waals surface area (Å²) in [4.78, 5) is 8.10. The molecule has 0 aromatic carbocycles. The number of guanidine groups is 1. The predicted molar refractivity (Wildman–Crippen MR) is 61.9 cm³/mol. The van der Waals surface area contributed by atoms with E-state index < -0.39 is 0 Å². The first kappa shape index (κ1) is 9.66. The molecule has 0 bridgehead atoms. The molecule has 1 aromatic heterocycles. The molecule has 15 heavy (non-hydrogen) atoms. The van der Waals surface area contributed by atoms with Crippen molar-refractivity contribution in [1.29, 1.82) is 0 Å². The lowest BCUT2D eigenvalue weighted by Gasteiger charge is -2.23. The van der Waals surface area contributed by atoms with Crippen LogP contribution in [0.25, 0.3) is 0 Å². The van der Waals surface area contributed by atoms with Gasteiger partial charge in [-0.25, -0.2) is 9.98 Å². The van der Waals surface area contributed by atoms with Crippen LogP contribution in [0.5, 0.6) is 0 Å². The van der Waals surface area contributed by atoms with Crippen molar-refractivity contribution in [3.63, 3.8) is 0 Å². The lowest BCUT2D eigenvalue weighted by atomic mass is 10.2. The summed E-state index contributed by atoms with van der Waals surface area (Å²) < 4.78 is 0. The van der Waals surface area contributed by atoms with Crippen molar-refractivity contribution in [3.05, 3.63) is 23.9 Å². The maximum absolute atomic E-state index is 5.72. The minimum Gasteiger partial charge on any atom is -0.383 e. The van der Waals surface area contributed by atoms with E-state index in [9.17, 15) is 0 Å². The van der Waals surface area contributed by atoms with Gasteiger partial charge in [0, 0.05) is 11.8 Å². The molecule has 0 aliphatic carbocycles. The Morgan fingerprint density at radius 1 is 1.40 bits per heavy atom. The van der Waals surface area contributed by atoms with Crippen molar-refractivity contribution in [1.82, 2.24) is 15.6 Å². The smallest absolute Gasteiger partial charge is 0.197 e. The summed E-state index contributed by atoms with van der Waals surface area (Å²) in [5, 5.41) is 6.05. The lowest BCUT2D eigenvalue weighted by molar-refractivity contribution is 0.660. The minimum absolute atomic E-state index is 0.270. The largest absolute Gasteiger partial charge is 0.383 e. The highest BCUT2D eigenvalue weighted by Crippen LogP contribution is 2.19. The number of thiocarbonyl (C=S) groups is 1. The molecule has 0 amide bonds. The summed E-state index contributed by atoms with van der Waals surface area (Å²) in [6.45, 7) is 0. The van der Waals surface area contributed by atoms with Crippen LogP contribution in [0.4, 0.5) is 5.82 Å². The van der Waals surface area contributed by atoms with E-state index in [2.05, 4.69) is 20.6 Å². The fourth-order valence-corrected chi connectivity index (χ4v) is 1.50. The van der Waals surface area contributed by atoms with Gasteiger partial charge in [-0.1, -0.05) is 0 Å². The Morgan fingerprint density at radius 3 is 2.87 bits per heavy atom. The Morgan fingerprint density at radius 2 is 2.20 bits per heavy atom. The third kappa shape index (κ3) is 1.96. The summed E-state index contributed by atoms with van der Waals surface area (Å²) in [5.41, 5.74) is 12.0. The van der Waals surface area contributed by atoms with E-state index in [-0.39, 0.29) is 12.1 Å². The molecule has 0 radical (unpaired) electrons. The van der Waals surface area contributed by atoms with Gasteiger partial charge in [-0.15, -0.1) is 0 Å². The number of nitrogens with zero attached hydrogens (tertiary/aromatic N) is 2. The monoisotopic (exact) mass is 222 g/mol. The van der Waals surface area contributed by atoms with Gasteiger partial charge >= 0.3 is 0 Å². The van der Waals surface area contributed by atoms with Crippen LogP contribution < -0.4 is 22.1 Å². The Bertz CT molecular complexity index is 429. The second kappa shape index (κ2) is 3.70. The maximum atomic E-state index is 5.72. The zero-order valence-electron chi connectivity index (χ0n) is 7.77. The third-order valence-electron chi connectivity index (χ3n) is 1.94. The molecular weight excluding hydrogens is 212 g/mol. The van der Waals surface area contributed by atoms with Crippen LogP contribution >= 0.6 is 12.2 Å². The van der Waals surface area contributed by atoms with Gasteiger partial charge in [0.1, 0.15) is 5.82 Å². The summed E-state index contributed by atoms with van der Waals surface area (Å²) in [7, 11) is 0. The predicted octanol–water partition coefficient (Wildman–Crippen LogP) is -0.545. The van der Waals surface area contributed by atoms with Crippen molar-refractivity contribution >= 4 is 29.1 Å². The number of aliphatic imine (C=N–C) groups is 1. The van der Waals surface area contributed by atoms with Crippen LogP contribution in [0, 0.1) is 0 Å². The third-order valence-corrected chi connectivity index (χ3v) is 2.16. The van der Waals surface area contributed by atoms with Gasteiger partial charge in [0.25, 0.3) is 0 Å². The molecule has 1 aromatic rings. The van der Waals surface area contributed by atoms with Crippen LogP contribution in [0.3, 0.4) is 0 Å². The average molecular weight is 222 g/mol. The Balaban J connectivity index is 2.36. The van der Waals surface area contributed by atoms with Crippen molar-refractivity contribution in [2.45, 2.75) is 6.17 Å². The normalized spacial score (nSPS) is 20.1. The van der Waals surface area contributed by atoms with E-state index in [0.717, 1.165) is 5.56 Å². The zero-order chi connectivity index (χ0) is 10.8. The molecule has 0 saturated carbocycles. The highest BCUT2D eigenvalue weighted by atomic mass is 32.1. The van der Waals surface area contributed by atoms with Gasteiger partial charge in [-0.2, -0.15) is 0 Å². The summed E-state index contributed by atoms with van der Waals surface area (Å²) in [6.07, 6.45) is 1.25. The first-order valence-corrected chi connectivity index (χ1v) is 4.69. The second-order valence-corrected chi connectivity index (χ2v) is 3.40. The van der Waals surface area contributed by atoms with E-state index in [1.165, 1.54) is 0 Å². The molecule has 0 unspecified atom stereocenters. The fraction of sp³-hybridized carbons (Fsp3) is 0.125. The quantitative estimate of drug-likeness (QED) is 0.476. The molecule has 0 fully saturated rings. The van der Waals surface area contributed by atoms with E-state index in [1.54, 1.807) is 12.3 Å². The van der Waals surface area contributed by atoms with E-state index in [4.69, 9.17) is 23.7 Å². The summed E-state index contributed by atoms with van der Waals surface area (Å²) in [6, 6.07) is 3.61. The maximum Gasteiger partial charge on any atom is 0.197 e. The number of anilines is 1. The molecule has 2 heterocycles. The van der Waals surface area contributed by atoms with Crippen molar-refractivity contribution < 1.29 is 0 Å². The number of aromatic nitrogens is 1. The van der Waals surface area contributed by atoms with Gasteiger partial charge in [-0.3, -0.25) is 0 Å². The molecule has 7 heteroatoms. The van der Waals surface area contributed by atoms with E-state index in [0.29, 0.717) is 10.9 Å². The molecule has 0 saturated heterocycles. The number of hydrogen-bond acceptors (Lipinski definition) is 5. The average Bonchev–Trinajstić information content (AvgIpc) is 2.16. The highest BCUT2D eigenvalue weighted by Gasteiger charge is 2.19. The van der Waals surface area contributed by atoms with Crippen LogP contribution in [-0.4, -0.2) is 16.1 Å². The van der Waals surface area contributed by atoms with Gasteiger partial charge in [-0.05, 0) is 24.4 Å². The highest BCUT2D eigenvalue weighted by molar-refractivity contribution is 7.80. The fourth-order valence-electron chi connectivity index (χ4n) is 1.29. The second-order valence-electron chi connectivity index (χ2n) is 2.99. The number of hydrogen-bond donors (Lipinski definition) is 4. The van der Waals surface area contributed by atoms with E-state index in [1.807, 2.05) is 6.07 Å². The lowest BCUT2D eigenvalue weighted by Crippen LogP contribution is -2.49. The Labute approximate surface area is 91.8 Å². The summed E-state index contributed by atoms with van der Waals surface area (Å²) >= 11 is 4.96. The molecule has 78 valence electrons. The molecule has 2 rings (SSSR count). The summed E-state index contributed by atoms with van der Waals surface area (Å²) in [5.74, 6) is 0.684.